The van der Waals surface area contributed by atoms with Gasteiger partial charge in [0.1, 0.15) is 28.8 Å². The molecular weight excluding hydrogens is 510 g/mol. The Hall–Kier alpha value is -3.02. The number of hydrogen-bond donors (Lipinski definition) is 2. The summed E-state index contributed by atoms with van der Waals surface area (Å²) >= 11 is 6.15. The molecule has 196 valence electrons. The summed E-state index contributed by atoms with van der Waals surface area (Å²) in [6, 6.07) is 7.88. The predicted molar refractivity (Wildman–Crippen MR) is 135 cm³/mol. The van der Waals surface area contributed by atoms with Crippen LogP contribution in [0, 0.1) is 6.92 Å². The van der Waals surface area contributed by atoms with Crippen molar-refractivity contribution in [2.75, 3.05) is 47.0 Å². The third-order valence-electron chi connectivity index (χ3n) is 5.58. The summed E-state index contributed by atoms with van der Waals surface area (Å²) in [6.45, 7) is 2.33. The lowest BCUT2D eigenvalue weighted by atomic mass is 10.1. The molecule has 0 fully saturated rings. The number of methoxy groups -OCH3 is 2. The van der Waals surface area contributed by atoms with Gasteiger partial charge in [0.05, 0.1) is 31.4 Å². The van der Waals surface area contributed by atoms with E-state index in [-0.39, 0.29) is 73.0 Å². The summed E-state index contributed by atoms with van der Waals surface area (Å²) in [6.07, 6.45) is 0.390. The zero-order valence-electron chi connectivity index (χ0n) is 20.4. The van der Waals surface area contributed by atoms with Crippen LogP contribution in [-0.4, -0.2) is 71.5 Å². The van der Waals surface area contributed by atoms with Gasteiger partial charge in [-0.3, -0.25) is 9.59 Å². The first-order valence-electron chi connectivity index (χ1n) is 11.4. The fourth-order valence-corrected chi connectivity index (χ4v) is 5.58. The number of aryl methyl sites for hydroxylation is 1. The minimum absolute atomic E-state index is 0.0324. The molecule has 0 spiro atoms. The van der Waals surface area contributed by atoms with Crippen LogP contribution in [0.15, 0.2) is 35.2 Å². The van der Waals surface area contributed by atoms with E-state index >= 15 is 0 Å². The molecule has 0 saturated carbocycles. The number of ether oxygens (including phenoxy) is 3. The van der Waals surface area contributed by atoms with Crippen LogP contribution >= 0.6 is 11.6 Å². The molecule has 1 aliphatic heterocycles. The fourth-order valence-electron chi connectivity index (χ4n) is 3.72. The summed E-state index contributed by atoms with van der Waals surface area (Å²) in [4.78, 5) is 25.0. The molecule has 0 aliphatic carbocycles. The molecule has 2 amide bonds. The maximum Gasteiger partial charge on any atom is 0.255 e. The molecule has 0 bridgehead atoms. The normalized spacial score (nSPS) is 16.4. The minimum Gasteiger partial charge on any atom is -0.495 e. The summed E-state index contributed by atoms with van der Waals surface area (Å²) in [7, 11) is -1.38. The van der Waals surface area contributed by atoms with Gasteiger partial charge in [-0.05, 0) is 25.5 Å². The highest BCUT2D eigenvalue weighted by Crippen LogP contribution is 2.36. The molecule has 2 aromatic rings. The van der Waals surface area contributed by atoms with Crippen molar-refractivity contribution >= 4 is 33.4 Å². The van der Waals surface area contributed by atoms with Crippen molar-refractivity contribution in [2.24, 2.45) is 0 Å². The van der Waals surface area contributed by atoms with Gasteiger partial charge in [-0.25, -0.2) is 8.42 Å². The Bertz CT molecular complexity index is 1220. The van der Waals surface area contributed by atoms with Gasteiger partial charge in [0, 0.05) is 38.2 Å². The van der Waals surface area contributed by atoms with Crippen molar-refractivity contribution in [3.63, 3.8) is 0 Å². The van der Waals surface area contributed by atoms with Crippen molar-refractivity contribution in [2.45, 2.75) is 24.7 Å². The third kappa shape index (κ3) is 6.59. The van der Waals surface area contributed by atoms with Crippen LogP contribution in [0.2, 0.25) is 5.02 Å². The van der Waals surface area contributed by atoms with Crippen LogP contribution in [0.3, 0.4) is 0 Å². The number of benzene rings is 2. The highest BCUT2D eigenvalue weighted by atomic mass is 35.5. The molecule has 12 heteroatoms. The van der Waals surface area contributed by atoms with Gasteiger partial charge in [0.15, 0.2) is 0 Å². The number of rotatable bonds is 4. The van der Waals surface area contributed by atoms with Crippen LogP contribution in [0.4, 0.5) is 0 Å². The van der Waals surface area contributed by atoms with Crippen LogP contribution < -0.4 is 24.8 Å². The van der Waals surface area contributed by atoms with Crippen molar-refractivity contribution in [1.29, 1.82) is 0 Å². The second-order valence-corrected chi connectivity index (χ2v) is 10.4. The number of nitrogens with one attached hydrogen (secondary N) is 2. The molecule has 2 N–H and O–H groups in total. The standard InChI is InChI=1S/C24H30ClN3O7S/c1-16-6-7-19-17(13-16)24(30)27-8-11-28(10-4-5-23(29)26-9-12-35-19)36(31,32)22-15-20(33-2)18(25)14-21(22)34-3/h6-7,13-15H,4-5,8-12H2,1-3H3,(H,26,29)(H,27,30). The second-order valence-electron chi connectivity index (χ2n) is 8.10. The van der Waals surface area contributed by atoms with Gasteiger partial charge in [-0.1, -0.05) is 23.2 Å². The van der Waals surface area contributed by atoms with E-state index in [0.29, 0.717) is 11.3 Å². The van der Waals surface area contributed by atoms with Gasteiger partial charge in [0.25, 0.3) is 5.91 Å². The van der Waals surface area contributed by atoms with Gasteiger partial charge in [0.2, 0.25) is 15.9 Å². The first-order valence-corrected chi connectivity index (χ1v) is 13.2. The molecule has 0 radical (unpaired) electrons. The van der Waals surface area contributed by atoms with Gasteiger partial charge in [-0.2, -0.15) is 4.31 Å². The number of nitrogens with zero attached hydrogens (tertiary/aromatic N) is 1. The van der Waals surface area contributed by atoms with E-state index in [4.69, 9.17) is 25.8 Å². The molecule has 36 heavy (non-hydrogen) atoms. The predicted octanol–water partition coefficient (Wildman–Crippen LogP) is 2.38. The highest BCUT2D eigenvalue weighted by Gasteiger charge is 2.29. The lowest BCUT2D eigenvalue weighted by Gasteiger charge is -2.24. The van der Waals surface area contributed by atoms with Crippen molar-refractivity contribution in [3.8, 4) is 17.2 Å². The van der Waals surface area contributed by atoms with E-state index in [9.17, 15) is 18.0 Å². The number of fused-ring (bicyclic) bond motifs is 1. The zero-order chi connectivity index (χ0) is 26.3. The number of carbonyl (C=O) groups excluding carboxylic acids is 2. The Balaban J connectivity index is 1.92. The van der Waals surface area contributed by atoms with Crippen molar-refractivity contribution in [1.82, 2.24) is 14.9 Å². The molecule has 1 aliphatic rings. The van der Waals surface area contributed by atoms with E-state index in [1.54, 1.807) is 12.1 Å². The maximum atomic E-state index is 13.7. The minimum atomic E-state index is -4.11. The van der Waals surface area contributed by atoms with Gasteiger partial charge >= 0.3 is 0 Å². The van der Waals surface area contributed by atoms with E-state index in [0.717, 1.165) is 5.56 Å². The van der Waals surface area contributed by atoms with Crippen LogP contribution in [0.1, 0.15) is 28.8 Å². The van der Waals surface area contributed by atoms with Gasteiger partial charge in [-0.15, -0.1) is 0 Å². The Morgan fingerprint density at radius 1 is 1.00 bits per heavy atom. The lowest BCUT2D eigenvalue weighted by Crippen LogP contribution is -2.39. The van der Waals surface area contributed by atoms with E-state index in [1.807, 2.05) is 13.0 Å². The molecular formula is C24H30ClN3O7S. The smallest absolute Gasteiger partial charge is 0.255 e. The van der Waals surface area contributed by atoms with Gasteiger partial charge < -0.3 is 24.8 Å². The molecule has 10 nitrogen and oxygen atoms in total. The number of halogens is 1. The topological polar surface area (TPSA) is 123 Å². The molecule has 0 atom stereocenters. The average molecular weight is 540 g/mol. The van der Waals surface area contributed by atoms with E-state index in [2.05, 4.69) is 10.6 Å². The second kappa shape index (κ2) is 12.3. The number of hydrogen-bond acceptors (Lipinski definition) is 7. The monoisotopic (exact) mass is 539 g/mol. The largest absolute Gasteiger partial charge is 0.495 e. The average Bonchev–Trinajstić information content (AvgIpc) is 2.85. The maximum absolute atomic E-state index is 13.7. The third-order valence-corrected chi connectivity index (χ3v) is 7.79. The Morgan fingerprint density at radius 3 is 2.47 bits per heavy atom. The van der Waals surface area contributed by atoms with Crippen LogP contribution in [-0.2, 0) is 14.8 Å². The quantitative estimate of drug-likeness (QED) is 0.611. The Labute approximate surface area is 215 Å². The number of carbonyl (C=O) groups is 2. The summed E-state index contributed by atoms with van der Waals surface area (Å²) < 4.78 is 44.7. The summed E-state index contributed by atoms with van der Waals surface area (Å²) in [5.74, 6) is -0.00986. The Kier molecular flexibility index (Phi) is 9.41. The van der Waals surface area contributed by atoms with E-state index < -0.39 is 15.9 Å². The van der Waals surface area contributed by atoms with Crippen molar-refractivity contribution < 1.29 is 32.2 Å². The molecule has 0 saturated heterocycles. The first-order chi connectivity index (χ1) is 17.2. The fraction of sp³-hybridized carbons (Fsp3) is 0.417. The summed E-state index contributed by atoms with van der Waals surface area (Å²) in [5.41, 5.74) is 1.20. The Morgan fingerprint density at radius 2 is 1.75 bits per heavy atom. The van der Waals surface area contributed by atoms with Crippen LogP contribution in [0.5, 0.6) is 17.2 Å². The molecule has 3 rings (SSSR count). The molecule has 1 heterocycles. The molecule has 0 unspecified atom stereocenters. The molecule has 2 aromatic carbocycles. The van der Waals surface area contributed by atoms with E-state index in [1.165, 1.54) is 30.7 Å². The highest BCUT2D eigenvalue weighted by molar-refractivity contribution is 7.89. The lowest BCUT2D eigenvalue weighted by molar-refractivity contribution is -0.121. The SMILES string of the molecule is COc1cc(S(=O)(=O)N2CCCC(=O)NCCOc3ccc(C)cc3C(=O)NCC2)c(OC)cc1Cl. The first kappa shape index (κ1) is 27.6. The van der Waals surface area contributed by atoms with Crippen molar-refractivity contribution in [3.05, 3.63) is 46.5 Å². The summed E-state index contributed by atoms with van der Waals surface area (Å²) in [5, 5.41) is 5.72. The van der Waals surface area contributed by atoms with Crippen LogP contribution in [0.25, 0.3) is 0 Å². The number of amides is 2. The zero-order valence-corrected chi connectivity index (χ0v) is 22.0. The molecule has 0 aromatic heterocycles. The number of sulfonamides is 1.